The van der Waals surface area contributed by atoms with E-state index in [0.717, 1.165) is 5.52 Å². The first-order valence-electron chi connectivity index (χ1n) is 3.36. The number of pyridine rings is 1. The molecule has 2 heterocycles. The molecule has 0 aliphatic rings. The molecule has 12 heavy (non-hydrogen) atoms. The molecule has 0 unspecified atom stereocenters. The highest BCUT2D eigenvalue weighted by Gasteiger charge is 2.06. The van der Waals surface area contributed by atoms with Gasteiger partial charge in [0.25, 0.3) is 5.88 Å². The van der Waals surface area contributed by atoms with E-state index < -0.39 is 0 Å². The second-order valence-electron chi connectivity index (χ2n) is 2.26. The van der Waals surface area contributed by atoms with Crippen LogP contribution in [0.15, 0.2) is 12.1 Å². The van der Waals surface area contributed by atoms with Crippen molar-refractivity contribution in [1.29, 1.82) is 0 Å². The van der Waals surface area contributed by atoms with Crippen molar-refractivity contribution in [2.45, 2.75) is 0 Å². The van der Waals surface area contributed by atoms with E-state index in [9.17, 15) is 0 Å². The third-order valence-electron chi connectivity index (χ3n) is 1.54. The monoisotopic (exact) mass is 183 g/mol. The number of aromatic nitrogens is 3. The van der Waals surface area contributed by atoms with Gasteiger partial charge in [0.2, 0.25) is 0 Å². The molecule has 0 spiro atoms. The number of methoxy groups -OCH3 is 1. The Morgan fingerprint density at radius 1 is 1.50 bits per heavy atom. The lowest BCUT2D eigenvalue weighted by Gasteiger charge is -1.92. The first-order valence-corrected chi connectivity index (χ1v) is 3.73. The van der Waals surface area contributed by atoms with E-state index in [0.29, 0.717) is 16.5 Å². The smallest absolute Gasteiger partial charge is 0.259 e. The van der Waals surface area contributed by atoms with Crippen LogP contribution in [0.2, 0.25) is 5.15 Å². The van der Waals surface area contributed by atoms with Gasteiger partial charge in [0.05, 0.1) is 12.6 Å². The Morgan fingerprint density at radius 2 is 2.33 bits per heavy atom. The fourth-order valence-corrected chi connectivity index (χ4v) is 1.14. The number of H-pyrrole nitrogens is 1. The van der Waals surface area contributed by atoms with Gasteiger partial charge in [-0.25, -0.2) is 4.98 Å². The van der Waals surface area contributed by atoms with Crippen molar-refractivity contribution in [3.63, 3.8) is 0 Å². The summed E-state index contributed by atoms with van der Waals surface area (Å²) in [7, 11) is 1.54. The maximum absolute atomic E-state index is 5.70. The van der Waals surface area contributed by atoms with Gasteiger partial charge in [0.1, 0.15) is 5.15 Å². The summed E-state index contributed by atoms with van der Waals surface area (Å²) in [5, 5.41) is 7.09. The van der Waals surface area contributed by atoms with E-state index in [1.807, 2.05) is 0 Å². The van der Waals surface area contributed by atoms with Crippen LogP contribution in [0.3, 0.4) is 0 Å². The molecular formula is C7H6ClN3O. The lowest BCUT2D eigenvalue weighted by molar-refractivity contribution is 0.400. The molecule has 2 aromatic heterocycles. The van der Waals surface area contributed by atoms with Crippen LogP contribution >= 0.6 is 11.6 Å². The highest BCUT2D eigenvalue weighted by Crippen LogP contribution is 2.21. The average molecular weight is 184 g/mol. The summed E-state index contributed by atoms with van der Waals surface area (Å²) in [5.41, 5.74) is 1.47. The maximum atomic E-state index is 5.70. The molecule has 0 aliphatic carbocycles. The quantitative estimate of drug-likeness (QED) is 0.684. The van der Waals surface area contributed by atoms with E-state index in [2.05, 4.69) is 15.2 Å². The summed E-state index contributed by atoms with van der Waals surface area (Å²) in [6.07, 6.45) is 0. The van der Waals surface area contributed by atoms with Gasteiger partial charge in [-0.05, 0) is 12.1 Å². The summed E-state index contributed by atoms with van der Waals surface area (Å²) >= 11 is 5.70. The number of aromatic amines is 1. The third-order valence-corrected chi connectivity index (χ3v) is 1.75. The number of fused-ring (bicyclic) bond motifs is 1. The van der Waals surface area contributed by atoms with E-state index >= 15 is 0 Å². The van der Waals surface area contributed by atoms with Gasteiger partial charge in [-0.1, -0.05) is 11.6 Å². The van der Waals surface area contributed by atoms with Crippen LogP contribution in [0, 0.1) is 0 Å². The van der Waals surface area contributed by atoms with Crippen molar-refractivity contribution in [1.82, 2.24) is 15.2 Å². The molecule has 0 atom stereocenters. The van der Waals surface area contributed by atoms with E-state index in [1.165, 1.54) is 7.11 Å². The van der Waals surface area contributed by atoms with Gasteiger partial charge in [0.15, 0.2) is 5.52 Å². The second-order valence-corrected chi connectivity index (χ2v) is 2.65. The van der Waals surface area contributed by atoms with Crippen molar-refractivity contribution >= 4 is 22.6 Å². The zero-order chi connectivity index (χ0) is 8.55. The molecule has 0 aromatic carbocycles. The Hall–Kier alpha value is -1.29. The molecule has 4 nitrogen and oxygen atoms in total. The highest BCUT2D eigenvalue weighted by molar-refractivity contribution is 6.29. The summed E-state index contributed by atoms with van der Waals surface area (Å²) in [6.45, 7) is 0. The number of halogens is 1. The molecule has 0 saturated heterocycles. The topological polar surface area (TPSA) is 50.8 Å². The lowest BCUT2D eigenvalue weighted by atomic mass is 10.4. The van der Waals surface area contributed by atoms with Crippen molar-refractivity contribution in [3.8, 4) is 5.88 Å². The Balaban J connectivity index is 2.75. The molecule has 0 bridgehead atoms. The molecule has 0 radical (unpaired) electrons. The van der Waals surface area contributed by atoms with Crippen LogP contribution in [0.5, 0.6) is 5.88 Å². The predicted molar refractivity (Wildman–Crippen MR) is 45.5 cm³/mol. The van der Waals surface area contributed by atoms with Gasteiger partial charge in [-0.2, -0.15) is 0 Å². The Bertz CT molecular complexity index is 412. The first kappa shape index (κ1) is 7.36. The minimum absolute atomic E-state index is 0.433. The van der Waals surface area contributed by atoms with Gasteiger partial charge >= 0.3 is 0 Å². The van der Waals surface area contributed by atoms with E-state index in [-0.39, 0.29) is 0 Å². The first-order chi connectivity index (χ1) is 5.81. The van der Waals surface area contributed by atoms with Crippen LogP contribution in [-0.4, -0.2) is 22.3 Å². The third kappa shape index (κ3) is 1.00. The molecule has 0 saturated carbocycles. The number of hydrogen-bond acceptors (Lipinski definition) is 3. The number of rotatable bonds is 1. The van der Waals surface area contributed by atoms with Gasteiger partial charge < -0.3 is 4.74 Å². The number of nitrogens with zero attached hydrogens (tertiary/aromatic N) is 2. The fraction of sp³-hybridized carbons (Fsp3) is 0.143. The minimum atomic E-state index is 0.433. The van der Waals surface area contributed by atoms with Crippen molar-refractivity contribution < 1.29 is 4.74 Å². The number of ether oxygens (including phenoxy) is 1. The van der Waals surface area contributed by atoms with Crippen LogP contribution in [0.4, 0.5) is 0 Å². The fourth-order valence-electron chi connectivity index (χ4n) is 0.995. The molecule has 2 rings (SSSR count). The second kappa shape index (κ2) is 2.64. The lowest BCUT2D eigenvalue weighted by Crippen LogP contribution is -1.83. The summed E-state index contributed by atoms with van der Waals surface area (Å²) in [4.78, 5) is 4.05. The SMILES string of the molecule is COc1n[nH]c2ccc(Cl)nc12. The van der Waals surface area contributed by atoms with Gasteiger partial charge in [-0.15, -0.1) is 5.10 Å². The zero-order valence-electron chi connectivity index (χ0n) is 6.34. The maximum Gasteiger partial charge on any atom is 0.259 e. The minimum Gasteiger partial charge on any atom is -0.478 e. The average Bonchev–Trinajstić information content (AvgIpc) is 2.46. The largest absolute Gasteiger partial charge is 0.478 e. The Morgan fingerprint density at radius 3 is 3.08 bits per heavy atom. The van der Waals surface area contributed by atoms with Gasteiger partial charge in [-0.3, -0.25) is 5.10 Å². The van der Waals surface area contributed by atoms with Crippen molar-refractivity contribution in [3.05, 3.63) is 17.3 Å². The summed E-state index contributed by atoms with van der Waals surface area (Å²) < 4.78 is 4.96. The molecule has 1 N–H and O–H groups in total. The predicted octanol–water partition coefficient (Wildman–Crippen LogP) is 1.62. The van der Waals surface area contributed by atoms with Crippen LogP contribution in [0.1, 0.15) is 0 Å². The van der Waals surface area contributed by atoms with Crippen LogP contribution < -0.4 is 4.74 Å². The molecule has 62 valence electrons. The van der Waals surface area contributed by atoms with Crippen molar-refractivity contribution in [2.75, 3.05) is 7.11 Å². The molecule has 0 fully saturated rings. The Kier molecular flexibility index (Phi) is 1.62. The normalized spacial score (nSPS) is 10.5. The number of nitrogens with one attached hydrogen (secondary N) is 1. The molecule has 0 amide bonds. The zero-order valence-corrected chi connectivity index (χ0v) is 7.09. The highest BCUT2D eigenvalue weighted by atomic mass is 35.5. The van der Waals surface area contributed by atoms with E-state index in [1.54, 1.807) is 12.1 Å². The summed E-state index contributed by atoms with van der Waals surface area (Å²) in [6, 6.07) is 3.50. The molecule has 5 heteroatoms. The van der Waals surface area contributed by atoms with Crippen molar-refractivity contribution in [2.24, 2.45) is 0 Å². The van der Waals surface area contributed by atoms with E-state index in [4.69, 9.17) is 16.3 Å². The summed E-state index contributed by atoms with van der Waals surface area (Å²) in [5.74, 6) is 0.465. The molecule has 0 aliphatic heterocycles. The molecule has 2 aromatic rings. The van der Waals surface area contributed by atoms with Crippen LogP contribution in [0.25, 0.3) is 11.0 Å². The number of hydrogen-bond donors (Lipinski definition) is 1. The molecular weight excluding hydrogens is 178 g/mol. The van der Waals surface area contributed by atoms with Gasteiger partial charge in [0, 0.05) is 0 Å². The Labute approximate surface area is 73.5 Å². The standard InChI is InChI=1S/C7H6ClN3O/c1-12-7-6-4(10-11-7)2-3-5(8)9-6/h2-3H,1H3,(H,10,11). The van der Waals surface area contributed by atoms with Crippen LogP contribution in [-0.2, 0) is 0 Å².